The van der Waals surface area contributed by atoms with Crippen LogP contribution in [0.15, 0.2) is 30.5 Å². The van der Waals surface area contributed by atoms with Gasteiger partial charge in [-0.1, -0.05) is 60.0 Å². The van der Waals surface area contributed by atoms with Crippen molar-refractivity contribution in [3.63, 3.8) is 0 Å². The van der Waals surface area contributed by atoms with Crippen molar-refractivity contribution < 1.29 is 14.6 Å². The zero-order chi connectivity index (χ0) is 22.5. The predicted octanol–water partition coefficient (Wildman–Crippen LogP) is 6.84. The number of allylic oxidation sites excluding steroid dienone is 1. The summed E-state index contributed by atoms with van der Waals surface area (Å²) >= 11 is 0. The van der Waals surface area contributed by atoms with Gasteiger partial charge in [-0.15, -0.1) is 0 Å². The van der Waals surface area contributed by atoms with Crippen molar-refractivity contribution in [1.82, 2.24) is 0 Å². The quantitative estimate of drug-likeness (QED) is 0.435. The van der Waals surface area contributed by atoms with Crippen molar-refractivity contribution in [2.75, 3.05) is 16.8 Å². The first-order valence-corrected chi connectivity index (χ1v) is 11.6. The van der Waals surface area contributed by atoms with Crippen LogP contribution in [-0.2, 0) is 4.79 Å². The molecule has 1 aliphatic rings. The third-order valence-corrected chi connectivity index (χ3v) is 5.03. The molecule has 0 spiro atoms. The fraction of sp³-hybridized carbons (Fsp3) is 0.640. The maximum atomic E-state index is 11.3. The molecule has 30 heavy (non-hydrogen) atoms. The number of rotatable bonds is 10. The molecule has 0 heterocycles. The van der Waals surface area contributed by atoms with Gasteiger partial charge in [0.2, 0.25) is 0 Å². The molecule has 5 nitrogen and oxygen atoms in total. The lowest BCUT2D eigenvalue weighted by molar-refractivity contribution is -0.145. The van der Waals surface area contributed by atoms with Gasteiger partial charge in [-0.25, -0.2) is 4.79 Å². The molecule has 1 saturated carbocycles. The minimum absolute atomic E-state index is 0.421. The van der Waals surface area contributed by atoms with Crippen LogP contribution in [0.2, 0.25) is 0 Å². The number of carboxylic acid groups (broad SMARTS) is 1. The van der Waals surface area contributed by atoms with E-state index in [2.05, 4.69) is 43.6 Å². The van der Waals surface area contributed by atoms with Crippen molar-refractivity contribution in [3.05, 3.63) is 30.5 Å². The van der Waals surface area contributed by atoms with Crippen LogP contribution in [0.3, 0.4) is 0 Å². The van der Waals surface area contributed by atoms with E-state index in [1.54, 1.807) is 0 Å². The van der Waals surface area contributed by atoms with Crippen LogP contribution in [-0.4, -0.2) is 29.8 Å². The number of nitrogens with one attached hydrogen (secondary N) is 1. The summed E-state index contributed by atoms with van der Waals surface area (Å²) in [4.78, 5) is 13.8. The molecular weight excluding hydrogens is 376 g/mol. The second-order valence-electron chi connectivity index (χ2n) is 8.13. The Balaban J connectivity index is 0.00000141. The highest BCUT2D eigenvalue weighted by atomic mass is 16.5. The van der Waals surface area contributed by atoms with Crippen molar-refractivity contribution in [3.8, 4) is 5.75 Å². The lowest BCUT2D eigenvalue weighted by Crippen LogP contribution is -2.37. The zero-order valence-electron chi connectivity index (χ0n) is 19.7. The normalized spacial score (nSPS) is 14.8. The molecule has 0 bridgehead atoms. The first-order chi connectivity index (χ1) is 14.4. The van der Waals surface area contributed by atoms with Gasteiger partial charge in [0.15, 0.2) is 6.10 Å². The predicted molar refractivity (Wildman–Crippen MR) is 128 cm³/mol. The van der Waals surface area contributed by atoms with Crippen LogP contribution in [0, 0.1) is 0 Å². The molecule has 0 aliphatic heterocycles. The van der Waals surface area contributed by atoms with Gasteiger partial charge < -0.3 is 20.1 Å². The molecule has 5 heteroatoms. The first kappa shape index (κ1) is 25.9. The Labute approximate surface area is 183 Å². The topological polar surface area (TPSA) is 61.8 Å². The van der Waals surface area contributed by atoms with Crippen molar-refractivity contribution in [1.29, 1.82) is 0 Å². The fourth-order valence-electron chi connectivity index (χ4n) is 3.77. The lowest BCUT2D eigenvalue weighted by Gasteiger charge is -2.37. The second-order valence-corrected chi connectivity index (χ2v) is 8.13. The number of hydrogen-bond donors (Lipinski definition) is 2. The Morgan fingerprint density at radius 3 is 2.37 bits per heavy atom. The molecule has 170 valence electrons. The number of ether oxygens (including phenoxy) is 1. The van der Waals surface area contributed by atoms with Gasteiger partial charge in [-0.3, -0.25) is 0 Å². The van der Waals surface area contributed by atoms with Gasteiger partial charge in [0.25, 0.3) is 0 Å². The number of benzene rings is 1. The van der Waals surface area contributed by atoms with E-state index in [-0.39, 0.29) is 0 Å². The number of carboxylic acids is 1. The second kappa shape index (κ2) is 13.9. The number of aliphatic carboxylic acids is 1. The first-order valence-electron chi connectivity index (χ1n) is 11.6. The molecule has 2 rings (SSSR count). The number of hydrogen-bond acceptors (Lipinski definition) is 4. The van der Waals surface area contributed by atoms with Crippen LogP contribution < -0.4 is 15.0 Å². The van der Waals surface area contributed by atoms with Crippen molar-refractivity contribution >= 4 is 17.3 Å². The Morgan fingerprint density at radius 2 is 1.87 bits per heavy atom. The van der Waals surface area contributed by atoms with E-state index < -0.39 is 12.1 Å². The van der Waals surface area contributed by atoms with Gasteiger partial charge in [0, 0.05) is 24.4 Å². The smallest absolute Gasteiger partial charge is 0.344 e. The van der Waals surface area contributed by atoms with Crippen LogP contribution in [0.5, 0.6) is 5.75 Å². The zero-order valence-corrected chi connectivity index (χ0v) is 19.7. The van der Waals surface area contributed by atoms with E-state index in [1.165, 1.54) is 38.5 Å². The standard InChI is InChI=1S/C22H34N2O3.C3H8/c1-5-14-24(17-10-8-7-9-11-17)20-13-12-18(15-19(20)23-16(3)4)27-21(6-2)22(25)26;1-3-2/h12-13,15,17,21,23H,3,5-11,14H2,1-2,4H3,(H,25,26);3H2,1-2H3. The molecule has 0 saturated heterocycles. The van der Waals surface area contributed by atoms with Gasteiger partial charge in [-0.05, 0) is 44.7 Å². The maximum Gasteiger partial charge on any atom is 0.344 e. The number of anilines is 2. The van der Waals surface area contributed by atoms with E-state index in [0.717, 1.165) is 30.0 Å². The monoisotopic (exact) mass is 418 g/mol. The minimum Gasteiger partial charge on any atom is -0.479 e. The molecule has 1 aromatic rings. The Bertz CT molecular complexity index is 654. The average molecular weight is 419 g/mol. The van der Waals surface area contributed by atoms with E-state index >= 15 is 0 Å². The van der Waals surface area contributed by atoms with Crippen LogP contribution in [0.1, 0.15) is 86.0 Å². The molecule has 1 fully saturated rings. The highest BCUT2D eigenvalue weighted by Gasteiger charge is 2.24. The molecular formula is C25H42N2O3. The van der Waals surface area contributed by atoms with Crippen LogP contribution >= 0.6 is 0 Å². The molecule has 0 amide bonds. The molecule has 0 aromatic heterocycles. The van der Waals surface area contributed by atoms with Crippen molar-refractivity contribution in [2.24, 2.45) is 0 Å². The summed E-state index contributed by atoms with van der Waals surface area (Å²) < 4.78 is 5.70. The van der Waals surface area contributed by atoms with Crippen molar-refractivity contribution in [2.45, 2.75) is 98.1 Å². The van der Waals surface area contributed by atoms with E-state index in [9.17, 15) is 9.90 Å². The van der Waals surface area contributed by atoms with Crippen LogP contribution in [0.25, 0.3) is 0 Å². The Morgan fingerprint density at radius 1 is 1.23 bits per heavy atom. The van der Waals surface area contributed by atoms with E-state index in [1.807, 2.05) is 26.0 Å². The summed E-state index contributed by atoms with van der Waals surface area (Å²) in [5.74, 6) is -0.373. The Kier molecular flexibility index (Phi) is 12.0. The molecule has 1 aliphatic carbocycles. The molecule has 1 aromatic carbocycles. The van der Waals surface area contributed by atoms with Gasteiger partial charge in [0.05, 0.1) is 11.4 Å². The summed E-state index contributed by atoms with van der Waals surface area (Å²) in [6.45, 7) is 15.2. The fourth-order valence-corrected chi connectivity index (χ4v) is 3.77. The SMILES string of the molecule is C=C(C)Nc1cc(OC(CC)C(=O)O)ccc1N(CCC)C1CCCCC1.CCC. The largest absolute Gasteiger partial charge is 0.479 e. The minimum atomic E-state index is -0.939. The summed E-state index contributed by atoms with van der Waals surface area (Å²) in [5.41, 5.74) is 2.92. The summed E-state index contributed by atoms with van der Waals surface area (Å²) in [7, 11) is 0. The van der Waals surface area contributed by atoms with Gasteiger partial charge >= 0.3 is 5.97 Å². The van der Waals surface area contributed by atoms with E-state index in [4.69, 9.17) is 4.74 Å². The highest BCUT2D eigenvalue weighted by Crippen LogP contribution is 2.36. The Hall–Kier alpha value is -2.17. The number of nitrogens with zero attached hydrogens (tertiary/aromatic N) is 1. The van der Waals surface area contributed by atoms with Gasteiger partial charge in [-0.2, -0.15) is 0 Å². The average Bonchev–Trinajstić information content (AvgIpc) is 2.71. The number of carbonyl (C=O) groups is 1. The summed E-state index contributed by atoms with van der Waals surface area (Å²) in [6, 6.07) is 6.40. The third kappa shape index (κ3) is 8.29. The molecule has 1 unspecified atom stereocenters. The van der Waals surface area contributed by atoms with Gasteiger partial charge in [0.1, 0.15) is 5.75 Å². The lowest BCUT2D eigenvalue weighted by atomic mass is 9.93. The summed E-state index contributed by atoms with van der Waals surface area (Å²) in [6.07, 6.45) is 8.26. The molecule has 0 radical (unpaired) electrons. The maximum absolute atomic E-state index is 11.3. The van der Waals surface area contributed by atoms with Crippen LogP contribution in [0.4, 0.5) is 11.4 Å². The third-order valence-electron chi connectivity index (χ3n) is 5.03. The summed E-state index contributed by atoms with van der Waals surface area (Å²) in [5, 5.41) is 12.6. The molecule has 2 N–H and O–H groups in total. The van der Waals surface area contributed by atoms with E-state index in [0.29, 0.717) is 18.2 Å². The highest BCUT2D eigenvalue weighted by molar-refractivity contribution is 5.75. The molecule has 1 atom stereocenters.